The van der Waals surface area contributed by atoms with Crippen molar-refractivity contribution in [1.29, 1.82) is 0 Å². The summed E-state index contributed by atoms with van der Waals surface area (Å²) in [6.45, 7) is 5.10. The highest BCUT2D eigenvalue weighted by molar-refractivity contribution is 5.51. The normalized spacial score (nSPS) is 21.3. The van der Waals surface area contributed by atoms with Crippen LogP contribution >= 0.6 is 0 Å². The Balaban J connectivity index is 1.86. The lowest BCUT2D eigenvalue weighted by atomic mass is 10.1. The molecule has 1 saturated heterocycles. The Kier molecular flexibility index (Phi) is 2.91. The molecule has 2 atom stereocenters. The third-order valence-electron chi connectivity index (χ3n) is 3.42. The van der Waals surface area contributed by atoms with Gasteiger partial charge in [0.05, 0.1) is 12.1 Å². The summed E-state index contributed by atoms with van der Waals surface area (Å²) < 4.78 is 7.53. The van der Waals surface area contributed by atoms with Crippen molar-refractivity contribution >= 4 is 11.5 Å². The first-order valence-corrected chi connectivity index (χ1v) is 6.42. The van der Waals surface area contributed by atoms with Crippen molar-refractivity contribution in [2.24, 2.45) is 0 Å². The molecule has 0 amide bonds. The summed E-state index contributed by atoms with van der Waals surface area (Å²) in [6.07, 6.45) is 4.16. The van der Waals surface area contributed by atoms with Gasteiger partial charge in [0, 0.05) is 6.61 Å². The minimum absolute atomic E-state index is 0.279. The van der Waals surface area contributed by atoms with Crippen LogP contribution in [-0.2, 0) is 4.74 Å². The van der Waals surface area contributed by atoms with Gasteiger partial charge in [0.25, 0.3) is 0 Å². The van der Waals surface area contributed by atoms with Crippen molar-refractivity contribution < 1.29 is 4.74 Å². The van der Waals surface area contributed by atoms with Crippen molar-refractivity contribution in [3.05, 3.63) is 24.0 Å². The van der Waals surface area contributed by atoms with Crippen molar-refractivity contribution in [2.75, 3.05) is 11.9 Å². The quantitative estimate of drug-likeness (QED) is 0.900. The second kappa shape index (κ2) is 4.57. The van der Waals surface area contributed by atoms with Crippen molar-refractivity contribution in [3.8, 4) is 0 Å². The lowest BCUT2D eigenvalue weighted by Gasteiger charge is -2.21. The van der Waals surface area contributed by atoms with Gasteiger partial charge in [-0.3, -0.25) is 0 Å². The Morgan fingerprint density at radius 1 is 1.50 bits per heavy atom. The van der Waals surface area contributed by atoms with E-state index in [2.05, 4.69) is 35.3 Å². The molecule has 18 heavy (non-hydrogen) atoms. The van der Waals surface area contributed by atoms with Crippen LogP contribution in [0.1, 0.15) is 25.3 Å². The maximum atomic E-state index is 5.70. The molecule has 1 aliphatic heterocycles. The molecule has 0 aliphatic carbocycles. The number of aryl methyl sites for hydroxylation is 1. The number of fused-ring (bicyclic) bond motifs is 1. The Bertz CT molecular complexity index is 545. The predicted molar refractivity (Wildman–Crippen MR) is 69.8 cm³/mol. The van der Waals surface area contributed by atoms with Crippen LogP contribution in [0.3, 0.4) is 0 Å². The van der Waals surface area contributed by atoms with Gasteiger partial charge in [-0.2, -0.15) is 9.61 Å². The van der Waals surface area contributed by atoms with Gasteiger partial charge in [0.2, 0.25) is 0 Å². The van der Waals surface area contributed by atoms with Crippen molar-refractivity contribution in [2.45, 2.75) is 38.8 Å². The van der Waals surface area contributed by atoms with E-state index in [4.69, 9.17) is 4.74 Å². The summed E-state index contributed by atoms with van der Waals surface area (Å²) in [5, 5.41) is 7.73. The summed E-state index contributed by atoms with van der Waals surface area (Å²) in [4.78, 5) is 4.23. The molecule has 5 heteroatoms. The third kappa shape index (κ3) is 2.06. The van der Waals surface area contributed by atoms with E-state index >= 15 is 0 Å². The lowest BCUT2D eigenvalue weighted by Crippen LogP contribution is -2.30. The summed E-state index contributed by atoms with van der Waals surface area (Å²) >= 11 is 0. The molecule has 96 valence electrons. The molecule has 2 aromatic heterocycles. The fourth-order valence-corrected chi connectivity index (χ4v) is 2.48. The number of hydrogen-bond acceptors (Lipinski definition) is 4. The molecule has 2 unspecified atom stereocenters. The number of ether oxygens (including phenoxy) is 1. The summed E-state index contributed by atoms with van der Waals surface area (Å²) in [5.74, 6) is 0.977. The molecule has 0 bridgehead atoms. The number of aromatic nitrogens is 3. The number of nitrogens with one attached hydrogen (secondary N) is 1. The highest BCUT2D eigenvalue weighted by Crippen LogP contribution is 2.20. The third-order valence-corrected chi connectivity index (χ3v) is 3.42. The molecular formula is C13H18N4O. The van der Waals surface area contributed by atoms with Crippen molar-refractivity contribution in [1.82, 2.24) is 14.6 Å². The van der Waals surface area contributed by atoms with Gasteiger partial charge in [0.15, 0.2) is 5.65 Å². The monoisotopic (exact) mass is 246 g/mol. The van der Waals surface area contributed by atoms with Gasteiger partial charge in [-0.15, -0.1) is 0 Å². The first-order chi connectivity index (χ1) is 8.74. The molecule has 0 spiro atoms. The van der Waals surface area contributed by atoms with Crippen LogP contribution in [0.25, 0.3) is 5.65 Å². The first kappa shape index (κ1) is 11.5. The zero-order chi connectivity index (χ0) is 12.5. The largest absolute Gasteiger partial charge is 0.376 e. The lowest BCUT2D eigenvalue weighted by molar-refractivity contribution is 0.0995. The first-order valence-electron chi connectivity index (χ1n) is 6.42. The second-order valence-corrected chi connectivity index (χ2v) is 4.93. The van der Waals surface area contributed by atoms with E-state index in [1.54, 1.807) is 6.33 Å². The maximum Gasteiger partial charge on any atom is 0.157 e. The zero-order valence-corrected chi connectivity index (χ0v) is 10.8. The highest BCUT2D eigenvalue weighted by Gasteiger charge is 2.22. The number of rotatable bonds is 3. The maximum absolute atomic E-state index is 5.70. The van der Waals surface area contributed by atoms with Gasteiger partial charge < -0.3 is 10.1 Å². The Hall–Kier alpha value is -1.62. The van der Waals surface area contributed by atoms with Crippen molar-refractivity contribution in [3.63, 3.8) is 0 Å². The summed E-state index contributed by atoms with van der Waals surface area (Å²) in [7, 11) is 0. The number of nitrogens with zero attached hydrogens (tertiary/aromatic N) is 3. The standard InChI is InChI=1S/C13H18N4O/c1-9-6-12-14-8-15-17(12)13(7-9)16-10(2)11-4-3-5-18-11/h6-8,10-11,16H,3-5H2,1-2H3. The summed E-state index contributed by atoms with van der Waals surface area (Å²) in [5.41, 5.74) is 2.05. The summed E-state index contributed by atoms with van der Waals surface area (Å²) in [6, 6.07) is 4.39. The highest BCUT2D eigenvalue weighted by atomic mass is 16.5. The minimum Gasteiger partial charge on any atom is -0.376 e. The van der Waals surface area contributed by atoms with E-state index < -0.39 is 0 Å². The Morgan fingerprint density at radius 3 is 3.17 bits per heavy atom. The van der Waals surface area contributed by atoms with E-state index in [-0.39, 0.29) is 6.04 Å². The molecule has 1 aliphatic rings. The van der Waals surface area contributed by atoms with Gasteiger partial charge in [-0.25, -0.2) is 4.98 Å². The molecule has 3 rings (SSSR count). The van der Waals surface area contributed by atoms with Crippen LogP contribution in [0.2, 0.25) is 0 Å². The van der Waals surface area contributed by atoms with E-state index in [0.29, 0.717) is 6.10 Å². The van der Waals surface area contributed by atoms with E-state index in [9.17, 15) is 0 Å². The van der Waals surface area contributed by atoms with Crippen LogP contribution in [-0.4, -0.2) is 33.4 Å². The van der Waals surface area contributed by atoms with Gasteiger partial charge in [-0.1, -0.05) is 0 Å². The number of anilines is 1. The van der Waals surface area contributed by atoms with Gasteiger partial charge in [0.1, 0.15) is 12.1 Å². The predicted octanol–water partition coefficient (Wildman–Crippen LogP) is 2.02. The van der Waals surface area contributed by atoms with Gasteiger partial charge in [-0.05, 0) is 44.4 Å². The molecule has 0 saturated carbocycles. The second-order valence-electron chi connectivity index (χ2n) is 4.93. The van der Waals surface area contributed by atoms with E-state index in [1.165, 1.54) is 5.56 Å². The van der Waals surface area contributed by atoms with Crippen LogP contribution in [0.15, 0.2) is 18.5 Å². The molecule has 1 N–H and O–H groups in total. The number of pyridine rings is 1. The topological polar surface area (TPSA) is 51.5 Å². The fourth-order valence-electron chi connectivity index (χ4n) is 2.48. The molecule has 2 aromatic rings. The van der Waals surface area contributed by atoms with Crippen LogP contribution in [0.5, 0.6) is 0 Å². The molecule has 0 radical (unpaired) electrons. The number of hydrogen-bond donors (Lipinski definition) is 1. The molecular weight excluding hydrogens is 228 g/mol. The molecule has 3 heterocycles. The molecule has 0 aromatic carbocycles. The Labute approximate surface area is 106 Å². The van der Waals surface area contributed by atoms with Crippen LogP contribution in [0, 0.1) is 6.92 Å². The molecule has 5 nitrogen and oxygen atoms in total. The minimum atomic E-state index is 0.279. The smallest absolute Gasteiger partial charge is 0.157 e. The average Bonchev–Trinajstić information content (AvgIpc) is 2.98. The van der Waals surface area contributed by atoms with Crippen LogP contribution in [0.4, 0.5) is 5.82 Å². The average molecular weight is 246 g/mol. The van der Waals surface area contributed by atoms with Crippen LogP contribution < -0.4 is 5.32 Å². The Morgan fingerprint density at radius 2 is 2.39 bits per heavy atom. The van der Waals surface area contributed by atoms with E-state index in [0.717, 1.165) is 30.9 Å². The van der Waals surface area contributed by atoms with Gasteiger partial charge >= 0.3 is 0 Å². The SMILES string of the molecule is Cc1cc(NC(C)C2CCCO2)n2ncnc2c1. The fraction of sp³-hybridized carbons (Fsp3) is 0.538. The molecule has 1 fully saturated rings. The zero-order valence-electron chi connectivity index (χ0n) is 10.8. The van der Waals surface area contributed by atoms with E-state index in [1.807, 2.05) is 10.6 Å².